The molecule has 1 aromatic rings. The van der Waals surface area contributed by atoms with Crippen molar-refractivity contribution in [1.29, 1.82) is 0 Å². The van der Waals surface area contributed by atoms with E-state index in [1.807, 2.05) is 32.9 Å². The molecular weight excluding hydrogens is 258 g/mol. The minimum absolute atomic E-state index is 0.0720. The number of carbonyl (C=O) groups excluding carboxylic acids is 1. The van der Waals surface area contributed by atoms with Crippen molar-refractivity contribution in [1.82, 2.24) is 4.90 Å². The van der Waals surface area contributed by atoms with Crippen LogP contribution in [0.15, 0.2) is 12.1 Å². The molecule has 1 aromatic carbocycles. The third-order valence-electron chi connectivity index (χ3n) is 3.72. The lowest BCUT2D eigenvalue weighted by Gasteiger charge is -2.23. The number of likely N-dealkylation sites (tertiary alicyclic amines) is 1. The Labute approximate surface area is 117 Å². The van der Waals surface area contributed by atoms with Crippen molar-refractivity contribution in [2.24, 2.45) is 0 Å². The molecular formula is C15H19NO4. The summed E-state index contributed by atoms with van der Waals surface area (Å²) in [5.41, 5.74) is 3.26. The Bertz CT molecular complexity index is 544. The van der Waals surface area contributed by atoms with Gasteiger partial charge in [0.05, 0.1) is 6.10 Å². The molecule has 2 N–H and O–H groups in total. The molecule has 0 aliphatic carbocycles. The first-order valence-electron chi connectivity index (χ1n) is 6.61. The maximum Gasteiger partial charge on any atom is 0.326 e. The van der Waals surface area contributed by atoms with Gasteiger partial charge in [-0.1, -0.05) is 17.7 Å². The van der Waals surface area contributed by atoms with E-state index in [9.17, 15) is 19.8 Å². The Balaban J connectivity index is 2.39. The molecule has 1 fully saturated rings. The first kappa shape index (κ1) is 14.5. The molecule has 5 heteroatoms. The smallest absolute Gasteiger partial charge is 0.326 e. The highest BCUT2D eigenvalue weighted by molar-refractivity contribution is 5.99. The van der Waals surface area contributed by atoms with Gasteiger partial charge in [0, 0.05) is 18.5 Å². The van der Waals surface area contributed by atoms with Crippen LogP contribution < -0.4 is 0 Å². The first-order valence-corrected chi connectivity index (χ1v) is 6.61. The van der Waals surface area contributed by atoms with E-state index in [-0.39, 0.29) is 18.9 Å². The second-order valence-corrected chi connectivity index (χ2v) is 5.47. The molecule has 0 spiro atoms. The molecule has 0 saturated carbocycles. The molecule has 1 aliphatic heterocycles. The number of aliphatic carboxylic acids is 1. The molecule has 0 unspecified atom stereocenters. The van der Waals surface area contributed by atoms with Gasteiger partial charge in [0.25, 0.3) is 5.91 Å². The normalized spacial score (nSPS) is 22.1. The third-order valence-corrected chi connectivity index (χ3v) is 3.72. The number of carbonyl (C=O) groups is 2. The Hall–Kier alpha value is -1.88. The summed E-state index contributed by atoms with van der Waals surface area (Å²) in [5, 5.41) is 18.8. The minimum atomic E-state index is -1.07. The van der Waals surface area contributed by atoms with Gasteiger partial charge in [-0.2, -0.15) is 0 Å². The molecule has 0 aromatic heterocycles. The fourth-order valence-corrected chi connectivity index (χ4v) is 2.93. The van der Waals surface area contributed by atoms with Crippen LogP contribution >= 0.6 is 0 Å². The van der Waals surface area contributed by atoms with Gasteiger partial charge in [-0.25, -0.2) is 4.79 Å². The van der Waals surface area contributed by atoms with E-state index in [0.29, 0.717) is 5.56 Å². The van der Waals surface area contributed by atoms with E-state index in [1.165, 1.54) is 4.90 Å². The molecule has 0 radical (unpaired) electrons. The Morgan fingerprint density at radius 2 is 1.75 bits per heavy atom. The van der Waals surface area contributed by atoms with Crippen LogP contribution in [0, 0.1) is 20.8 Å². The topological polar surface area (TPSA) is 77.8 Å². The van der Waals surface area contributed by atoms with Crippen molar-refractivity contribution in [3.8, 4) is 0 Å². The van der Waals surface area contributed by atoms with Crippen molar-refractivity contribution < 1.29 is 19.8 Å². The largest absolute Gasteiger partial charge is 0.480 e. The van der Waals surface area contributed by atoms with Gasteiger partial charge in [-0.3, -0.25) is 4.79 Å². The molecule has 1 amide bonds. The third kappa shape index (κ3) is 2.54. The summed E-state index contributed by atoms with van der Waals surface area (Å²) >= 11 is 0. The number of carboxylic acids is 1. The Morgan fingerprint density at radius 1 is 1.20 bits per heavy atom. The lowest BCUT2D eigenvalue weighted by Crippen LogP contribution is -2.41. The molecule has 0 bridgehead atoms. The number of benzene rings is 1. The van der Waals surface area contributed by atoms with E-state index >= 15 is 0 Å². The number of carboxylic acid groups (broad SMARTS) is 1. The number of rotatable bonds is 2. The van der Waals surface area contributed by atoms with Crippen molar-refractivity contribution in [3.63, 3.8) is 0 Å². The second-order valence-electron chi connectivity index (χ2n) is 5.47. The van der Waals surface area contributed by atoms with Crippen LogP contribution in [-0.2, 0) is 4.79 Å². The number of hydrogen-bond acceptors (Lipinski definition) is 3. The van der Waals surface area contributed by atoms with Crippen LogP contribution in [0.5, 0.6) is 0 Å². The molecule has 1 aliphatic rings. The number of hydrogen-bond donors (Lipinski definition) is 2. The van der Waals surface area contributed by atoms with Crippen LogP contribution in [0.25, 0.3) is 0 Å². The van der Waals surface area contributed by atoms with Gasteiger partial charge >= 0.3 is 5.97 Å². The van der Waals surface area contributed by atoms with Crippen LogP contribution in [0.1, 0.15) is 33.5 Å². The molecule has 1 saturated heterocycles. The highest BCUT2D eigenvalue weighted by atomic mass is 16.4. The summed E-state index contributed by atoms with van der Waals surface area (Å²) in [6, 6.07) is 2.86. The zero-order valence-electron chi connectivity index (χ0n) is 11.9. The maximum absolute atomic E-state index is 12.6. The van der Waals surface area contributed by atoms with Crippen LogP contribution in [0.3, 0.4) is 0 Å². The maximum atomic E-state index is 12.6. The monoisotopic (exact) mass is 277 g/mol. The van der Waals surface area contributed by atoms with Gasteiger partial charge in [0.2, 0.25) is 0 Å². The van der Waals surface area contributed by atoms with E-state index < -0.39 is 18.1 Å². The van der Waals surface area contributed by atoms with Crippen molar-refractivity contribution in [3.05, 3.63) is 34.4 Å². The Kier molecular flexibility index (Phi) is 3.81. The fourth-order valence-electron chi connectivity index (χ4n) is 2.93. The predicted molar refractivity (Wildman–Crippen MR) is 73.7 cm³/mol. The zero-order chi connectivity index (χ0) is 15.0. The quantitative estimate of drug-likeness (QED) is 0.853. The second kappa shape index (κ2) is 5.25. The van der Waals surface area contributed by atoms with E-state index in [4.69, 9.17) is 0 Å². The van der Waals surface area contributed by atoms with Gasteiger partial charge in [-0.15, -0.1) is 0 Å². The number of β-amino-alcohol motifs (C(OH)–C–C–N with tert-alkyl or cyclic N) is 1. The van der Waals surface area contributed by atoms with Crippen LogP contribution in [0.2, 0.25) is 0 Å². The van der Waals surface area contributed by atoms with E-state index in [1.54, 1.807) is 0 Å². The summed E-state index contributed by atoms with van der Waals surface area (Å²) in [7, 11) is 0. The SMILES string of the molecule is Cc1cc(C)c(C(=O)N2C[C@H](O)C[C@H]2C(=O)O)c(C)c1. The standard InChI is InChI=1S/C15H19NO4/c1-8-4-9(2)13(10(3)5-8)14(18)16-7-11(17)6-12(16)15(19)20/h4-5,11-12,17H,6-7H2,1-3H3,(H,19,20)/t11-,12+/m1/s1. The summed E-state index contributed by atoms with van der Waals surface area (Å²) < 4.78 is 0. The summed E-state index contributed by atoms with van der Waals surface area (Å²) in [6.45, 7) is 5.71. The highest BCUT2D eigenvalue weighted by Crippen LogP contribution is 2.24. The molecule has 20 heavy (non-hydrogen) atoms. The molecule has 2 rings (SSSR count). The fraction of sp³-hybridized carbons (Fsp3) is 0.467. The summed E-state index contributed by atoms with van der Waals surface area (Å²) in [6.07, 6.45) is -0.684. The number of aliphatic hydroxyl groups is 1. The summed E-state index contributed by atoms with van der Waals surface area (Å²) in [4.78, 5) is 25.1. The molecule has 108 valence electrons. The Morgan fingerprint density at radius 3 is 2.25 bits per heavy atom. The predicted octanol–water partition coefficient (Wildman–Crippen LogP) is 1.27. The number of nitrogens with zero attached hydrogens (tertiary/aromatic N) is 1. The number of aliphatic hydroxyl groups excluding tert-OH is 1. The lowest BCUT2D eigenvalue weighted by atomic mass is 9.98. The van der Waals surface area contributed by atoms with Gasteiger partial charge in [-0.05, 0) is 31.9 Å². The minimum Gasteiger partial charge on any atom is -0.480 e. The van der Waals surface area contributed by atoms with Gasteiger partial charge < -0.3 is 15.1 Å². The molecule has 1 heterocycles. The average Bonchev–Trinajstić information content (AvgIpc) is 2.70. The van der Waals surface area contributed by atoms with Gasteiger partial charge in [0.1, 0.15) is 6.04 Å². The first-order chi connectivity index (χ1) is 9.31. The zero-order valence-corrected chi connectivity index (χ0v) is 11.9. The van der Waals surface area contributed by atoms with Crippen LogP contribution in [0.4, 0.5) is 0 Å². The van der Waals surface area contributed by atoms with E-state index in [0.717, 1.165) is 16.7 Å². The highest BCUT2D eigenvalue weighted by Gasteiger charge is 2.39. The van der Waals surface area contributed by atoms with Crippen LogP contribution in [-0.4, -0.2) is 45.7 Å². The van der Waals surface area contributed by atoms with Crippen molar-refractivity contribution in [2.45, 2.75) is 39.3 Å². The average molecular weight is 277 g/mol. The molecule has 2 atom stereocenters. The van der Waals surface area contributed by atoms with Gasteiger partial charge in [0.15, 0.2) is 0 Å². The van der Waals surface area contributed by atoms with E-state index in [2.05, 4.69) is 0 Å². The lowest BCUT2D eigenvalue weighted by molar-refractivity contribution is -0.141. The van der Waals surface area contributed by atoms with Crippen molar-refractivity contribution in [2.75, 3.05) is 6.54 Å². The number of aryl methyl sites for hydroxylation is 3. The molecule has 5 nitrogen and oxygen atoms in total. The number of amides is 1. The van der Waals surface area contributed by atoms with Crippen molar-refractivity contribution >= 4 is 11.9 Å². The summed E-state index contributed by atoms with van der Waals surface area (Å²) in [5.74, 6) is -1.39.